The number of fused-ring (bicyclic) bond motifs is 1. The van der Waals surface area contributed by atoms with Crippen LogP contribution in [0.4, 0.5) is 5.69 Å². The number of carbonyl (C=O) groups excluding carboxylic acids is 1. The highest BCUT2D eigenvalue weighted by molar-refractivity contribution is 5.93. The summed E-state index contributed by atoms with van der Waals surface area (Å²) in [7, 11) is 0. The van der Waals surface area contributed by atoms with Crippen molar-refractivity contribution in [3.63, 3.8) is 0 Å². The van der Waals surface area contributed by atoms with Gasteiger partial charge in [0, 0.05) is 6.07 Å². The zero-order valence-electron chi connectivity index (χ0n) is 15.3. The van der Waals surface area contributed by atoms with Crippen molar-refractivity contribution in [1.29, 1.82) is 0 Å². The summed E-state index contributed by atoms with van der Waals surface area (Å²) in [5, 5.41) is 2.81. The molecular weight excluding hydrogens is 346 g/mol. The molecule has 3 rings (SSSR count). The molecule has 7 nitrogen and oxygen atoms in total. The van der Waals surface area contributed by atoms with Crippen LogP contribution in [0.25, 0.3) is 11.0 Å². The number of nitrogens with one attached hydrogen (secondary N) is 1. The molecule has 0 aliphatic carbocycles. The van der Waals surface area contributed by atoms with Crippen LogP contribution in [-0.4, -0.2) is 28.7 Å². The molecule has 0 unspecified atom stereocenters. The topological polar surface area (TPSA) is 82.5 Å². The standard InChI is InChI=1S/C20H21N3O4/c1-3-26-14-9-10-18(27-4-2)16(11-14)22-19(24)13-23-17-8-6-5-7-15(17)21-12-20(23)25/h5-12H,3-4,13H2,1-2H3,(H,22,24). The smallest absolute Gasteiger partial charge is 0.269 e. The van der Waals surface area contributed by atoms with Crippen LogP contribution in [0, 0.1) is 0 Å². The number of nitrogens with zero attached hydrogens (tertiary/aromatic N) is 2. The predicted molar refractivity (Wildman–Crippen MR) is 103 cm³/mol. The fourth-order valence-corrected chi connectivity index (χ4v) is 2.76. The molecule has 2 aromatic carbocycles. The number of aromatic nitrogens is 2. The first-order chi connectivity index (χ1) is 13.1. The summed E-state index contributed by atoms with van der Waals surface area (Å²) >= 11 is 0. The minimum absolute atomic E-state index is 0.133. The predicted octanol–water partition coefficient (Wildman–Crippen LogP) is 2.83. The molecule has 0 spiro atoms. The van der Waals surface area contributed by atoms with Gasteiger partial charge in [0.05, 0.1) is 36.1 Å². The molecule has 0 aliphatic rings. The van der Waals surface area contributed by atoms with Crippen molar-refractivity contribution < 1.29 is 14.3 Å². The Hall–Kier alpha value is -3.35. The van der Waals surface area contributed by atoms with Crippen molar-refractivity contribution >= 4 is 22.6 Å². The second-order valence-electron chi connectivity index (χ2n) is 5.74. The van der Waals surface area contributed by atoms with Crippen LogP contribution in [0.15, 0.2) is 53.5 Å². The molecule has 1 heterocycles. The van der Waals surface area contributed by atoms with E-state index in [1.54, 1.807) is 36.4 Å². The minimum atomic E-state index is -0.344. The Morgan fingerprint density at radius 1 is 1.11 bits per heavy atom. The summed E-state index contributed by atoms with van der Waals surface area (Å²) in [6.07, 6.45) is 1.22. The normalized spacial score (nSPS) is 10.6. The highest BCUT2D eigenvalue weighted by atomic mass is 16.5. The molecule has 140 valence electrons. The van der Waals surface area contributed by atoms with E-state index in [0.29, 0.717) is 41.4 Å². The van der Waals surface area contributed by atoms with E-state index in [9.17, 15) is 9.59 Å². The first kappa shape index (κ1) is 18.4. The van der Waals surface area contributed by atoms with Crippen LogP contribution in [0.5, 0.6) is 11.5 Å². The third-order valence-electron chi connectivity index (χ3n) is 3.89. The summed E-state index contributed by atoms with van der Waals surface area (Å²) < 4.78 is 12.4. The molecule has 27 heavy (non-hydrogen) atoms. The Balaban J connectivity index is 1.87. The number of benzene rings is 2. The monoisotopic (exact) mass is 367 g/mol. The van der Waals surface area contributed by atoms with Crippen molar-refractivity contribution in [2.24, 2.45) is 0 Å². The summed E-state index contributed by atoms with van der Waals surface area (Å²) in [4.78, 5) is 28.9. The van der Waals surface area contributed by atoms with Gasteiger partial charge in [0.25, 0.3) is 5.56 Å². The molecule has 1 amide bonds. The van der Waals surface area contributed by atoms with Gasteiger partial charge in [-0.2, -0.15) is 0 Å². The van der Waals surface area contributed by atoms with E-state index in [-0.39, 0.29) is 18.0 Å². The van der Waals surface area contributed by atoms with Gasteiger partial charge in [0.1, 0.15) is 18.0 Å². The maximum absolute atomic E-state index is 12.6. The van der Waals surface area contributed by atoms with Crippen molar-refractivity contribution in [2.45, 2.75) is 20.4 Å². The fraction of sp³-hybridized carbons (Fsp3) is 0.250. The Labute approximate surface area is 156 Å². The van der Waals surface area contributed by atoms with Crippen LogP contribution >= 0.6 is 0 Å². The number of amides is 1. The van der Waals surface area contributed by atoms with Crippen LogP contribution in [0.2, 0.25) is 0 Å². The van der Waals surface area contributed by atoms with E-state index < -0.39 is 0 Å². The highest BCUT2D eigenvalue weighted by Gasteiger charge is 2.13. The summed E-state index contributed by atoms with van der Waals surface area (Å²) in [6.45, 7) is 4.59. The zero-order valence-corrected chi connectivity index (χ0v) is 15.3. The van der Waals surface area contributed by atoms with Gasteiger partial charge in [0.15, 0.2) is 0 Å². The van der Waals surface area contributed by atoms with Crippen LogP contribution in [0.3, 0.4) is 0 Å². The first-order valence-corrected chi connectivity index (χ1v) is 8.76. The van der Waals surface area contributed by atoms with E-state index in [1.807, 2.05) is 19.9 Å². The van der Waals surface area contributed by atoms with Gasteiger partial charge < -0.3 is 14.8 Å². The maximum Gasteiger partial charge on any atom is 0.269 e. The SMILES string of the molecule is CCOc1ccc(OCC)c(NC(=O)Cn2c(=O)cnc3ccccc32)c1. The number of carbonyl (C=O) groups is 1. The third kappa shape index (κ3) is 4.25. The number of anilines is 1. The Morgan fingerprint density at radius 3 is 2.67 bits per heavy atom. The molecule has 7 heteroatoms. The highest BCUT2D eigenvalue weighted by Crippen LogP contribution is 2.29. The van der Waals surface area contributed by atoms with Gasteiger partial charge in [-0.15, -0.1) is 0 Å². The molecule has 1 N–H and O–H groups in total. The lowest BCUT2D eigenvalue weighted by Crippen LogP contribution is -2.28. The Kier molecular flexibility index (Phi) is 5.71. The van der Waals surface area contributed by atoms with Gasteiger partial charge in [-0.1, -0.05) is 12.1 Å². The first-order valence-electron chi connectivity index (χ1n) is 8.76. The molecule has 0 bridgehead atoms. The lowest BCUT2D eigenvalue weighted by atomic mass is 10.2. The molecule has 0 fully saturated rings. The average Bonchev–Trinajstić information content (AvgIpc) is 2.66. The Morgan fingerprint density at radius 2 is 1.89 bits per heavy atom. The van der Waals surface area contributed by atoms with Crippen molar-refractivity contribution in [1.82, 2.24) is 9.55 Å². The number of para-hydroxylation sites is 2. The van der Waals surface area contributed by atoms with E-state index in [2.05, 4.69) is 10.3 Å². The number of ether oxygens (including phenoxy) is 2. The van der Waals surface area contributed by atoms with E-state index in [0.717, 1.165) is 0 Å². The minimum Gasteiger partial charge on any atom is -0.494 e. The third-order valence-corrected chi connectivity index (χ3v) is 3.89. The van der Waals surface area contributed by atoms with Crippen molar-refractivity contribution in [3.05, 3.63) is 59.0 Å². The van der Waals surface area contributed by atoms with Crippen molar-refractivity contribution in [3.8, 4) is 11.5 Å². The zero-order chi connectivity index (χ0) is 19.2. The molecule has 0 radical (unpaired) electrons. The van der Waals surface area contributed by atoms with Gasteiger partial charge in [0.2, 0.25) is 5.91 Å². The maximum atomic E-state index is 12.6. The lowest BCUT2D eigenvalue weighted by molar-refractivity contribution is -0.116. The number of hydrogen-bond donors (Lipinski definition) is 1. The number of rotatable bonds is 7. The van der Waals surface area contributed by atoms with Gasteiger partial charge in [-0.05, 0) is 38.1 Å². The molecule has 0 saturated carbocycles. The molecule has 0 atom stereocenters. The second kappa shape index (κ2) is 8.35. The van der Waals surface area contributed by atoms with Crippen LogP contribution < -0.4 is 20.3 Å². The Bertz CT molecular complexity index is 1010. The summed E-state index contributed by atoms with van der Waals surface area (Å²) in [6, 6.07) is 12.4. The van der Waals surface area contributed by atoms with Crippen molar-refractivity contribution in [2.75, 3.05) is 18.5 Å². The van der Waals surface area contributed by atoms with Gasteiger partial charge in [-0.3, -0.25) is 14.2 Å². The molecule has 0 saturated heterocycles. The van der Waals surface area contributed by atoms with E-state index >= 15 is 0 Å². The van der Waals surface area contributed by atoms with E-state index in [4.69, 9.17) is 9.47 Å². The van der Waals surface area contributed by atoms with E-state index in [1.165, 1.54) is 10.8 Å². The van der Waals surface area contributed by atoms with Crippen LogP contribution in [0.1, 0.15) is 13.8 Å². The fourth-order valence-electron chi connectivity index (χ4n) is 2.76. The largest absolute Gasteiger partial charge is 0.494 e. The van der Waals surface area contributed by atoms with Crippen LogP contribution in [-0.2, 0) is 11.3 Å². The van der Waals surface area contributed by atoms with Gasteiger partial charge >= 0.3 is 0 Å². The molecule has 1 aromatic heterocycles. The molecular formula is C20H21N3O4. The summed E-state index contributed by atoms with van der Waals surface area (Å²) in [5.74, 6) is 0.826. The molecule has 0 aliphatic heterocycles. The molecule has 3 aromatic rings. The quantitative estimate of drug-likeness (QED) is 0.694. The summed E-state index contributed by atoms with van der Waals surface area (Å²) in [5.41, 5.74) is 1.42. The number of hydrogen-bond acceptors (Lipinski definition) is 5. The second-order valence-corrected chi connectivity index (χ2v) is 5.74. The average molecular weight is 367 g/mol. The van der Waals surface area contributed by atoms with Gasteiger partial charge in [-0.25, -0.2) is 4.98 Å². The lowest BCUT2D eigenvalue weighted by Gasteiger charge is -2.14.